The number of sulfonamides is 1. The summed E-state index contributed by atoms with van der Waals surface area (Å²) in [5.74, 6) is -1.76. The molecular weight excluding hydrogens is 595 g/mol. The van der Waals surface area contributed by atoms with E-state index in [9.17, 15) is 27.5 Å². The van der Waals surface area contributed by atoms with E-state index in [-0.39, 0.29) is 46.6 Å². The van der Waals surface area contributed by atoms with Crippen LogP contribution in [0, 0.1) is 11.7 Å². The summed E-state index contributed by atoms with van der Waals surface area (Å²) in [5, 5.41) is 13.0. The van der Waals surface area contributed by atoms with Crippen molar-refractivity contribution in [3.8, 4) is 5.75 Å². The van der Waals surface area contributed by atoms with Crippen molar-refractivity contribution in [1.82, 2.24) is 14.2 Å². The number of likely N-dealkylation sites (N-methyl/N-ethyl adjacent to an activating group) is 1. The molecular formula is C30H31FN4O6S2. The third-order valence-electron chi connectivity index (χ3n) is 7.39. The van der Waals surface area contributed by atoms with Crippen LogP contribution >= 0.6 is 11.3 Å². The third-order valence-corrected chi connectivity index (χ3v) is 10.3. The average Bonchev–Trinajstić information content (AvgIpc) is 3.44. The molecule has 10 nitrogen and oxygen atoms in total. The van der Waals surface area contributed by atoms with Crippen LogP contribution < -0.4 is 10.1 Å². The Morgan fingerprint density at radius 3 is 2.60 bits per heavy atom. The summed E-state index contributed by atoms with van der Waals surface area (Å²) in [6.07, 6.45) is -0.777. The maximum absolute atomic E-state index is 13.7. The molecule has 2 amide bonds. The minimum Gasteiger partial charge on any atom is -0.486 e. The number of nitrogens with zero attached hydrogens (tertiary/aromatic N) is 3. The first-order valence-corrected chi connectivity index (χ1v) is 15.9. The van der Waals surface area contributed by atoms with Crippen molar-refractivity contribution in [2.24, 2.45) is 5.92 Å². The average molecular weight is 627 g/mol. The highest BCUT2D eigenvalue weighted by Gasteiger charge is 2.36. The van der Waals surface area contributed by atoms with E-state index in [0.29, 0.717) is 5.52 Å². The first-order valence-electron chi connectivity index (χ1n) is 13.6. The van der Waals surface area contributed by atoms with Gasteiger partial charge in [0, 0.05) is 19.5 Å². The number of para-hydroxylation sites is 2. The van der Waals surface area contributed by atoms with E-state index >= 15 is 0 Å². The van der Waals surface area contributed by atoms with E-state index in [1.165, 1.54) is 35.4 Å². The molecule has 4 aromatic rings. The quantitative estimate of drug-likeness (QED) is 0.300. The number of rotatable bonds is 8. The Balaban J connectivity index is 1.51. The number of aliphatic hydroxyl groups is 1. The monoisotopic (exact) mass is 626 g/mol. The normalized spacial score (nSPS) is 18.1. The highest BCUT2D eigenvalue weighted by atomic mass is 32.2. The van der Waals surface area contributed by atoms with Gasteiger partial charge >= 0.3 is 0 Å². The Morgan fingerprint density at radius 1 is 1.19 bits per heavy atom. The summed E-state index contributed by atoms with van der Waals surface area (Å²) in [6, 6.07) is 16.1. The number of benzene rings is 3. The summed E-state index contributed by atoms with van der Waals surface area (Å²) < 4.78 is 48.5. The second-order valence-corrected chi connectivity index (χ2v) is 13.6. The molecule has 1 aliphatic heterocycles. The molecule has 13 heteroatoms. The fourth-order valence-corrected chi connectivity index (χ4v) is 6.89. The Kier molecular flexibility index (Phi) is 8.79. The van der Waals surface area contributed by atoms with Gasteiger partial charge in [0.05, 0.1) is 45.6 Å². The number of fused-ring (bicyclic) bond motifs is 2. The van der Waals surface area contributed by atoms with Crippen molar-refractivity contribution in [2.45, 2.75) is 30.9 Å². The highest BCUT2D eigenvalue weighted by Crippen LogP contribution is 2.36. The van der Waals surface area contributed by atoms with Crippen LogP contribution in [0.2, 0.25) is 0 Å². The first-order chi connectivity index (χ1) is 20.5. The lowest BCUT2D eigenvalue weighted by Gasteiger charge is -2.38. The van der Waals surface area contributed by atoms with Gasteiger partial charge in [-0.05, 0) is 55.5 Å². The van der Waals surface area contributed by atoms with Crippen molar-refractivity contribution < 1.29 is 32.2 Å². The number of carbonyl (C=O) groups is 2. The fraction of sp³-hybridized carbons (Fsp3) is 0.300. The van der Waals surface area contributed by atoms with Gasteiger partial charge in [-0.25, -0.2) is 17.8 Å². The predicted molar refractivity (Wildman–Crippen MR) is 161 cm³/mol. The van der Waals surface area contributed by atoms with Crippen LogP contribution in [0.15, 0.2) is 71.6 Å². The van der Waals surface area contributed by atoms with E-state index in [1.807, 2.05) is 31.2 Å². The number of halogens is 1. The molecule has 0 fully saturated rings. The molecule has 0 unspecified atom stereocenters. The maximum atomic E-state index is 13.7. The van der Waals surface area contributed by atoms with Gasteiger partial charge in [-0.15, -0.1) is 11.3 Å². The number of hydrogen-bond acceptors (Lipinski definition) is 8. The molecule has 5 rings (SSSR count). The second-order valence-electron chi connectivity index (χ2n) is 10.5. The van der Waals surface area contributed by atoms with Gasteiger partial charge in [-0.1, -0.05) is 25.1 Å². The molecule has 2 N–H and O–H groups in total. The van der Waals surface area contributed by atoms with E-state index in [0.717, 1.165) is 21.1 Å². The molecule has 2 heterocycles. The number of hydrogen-bond donors (Lipinski definition) is 2. The van der Waals surface area contributed by atoms with E-state index in [2.05, 4.69) is 10.3 Å². The molecule has 1 aromatic heterocycles. The van der Waals surface area contributed by atoms with Gasteiger partial charge in [-0.2, -0.15) is 4.31 Å². The number of amides is 2. The minimum atomic E-state index is -4.01. The summed E-state index contributed by atoms with van der Waals surface area (Å²) in [7, 11) is -2.61. The van der Waals surface area contributed by atoms with Gasteiger partial charge in [0.25, 0.3) is 11.8 Å². The highest BCUT2D eigenvalue weighted by molar-refractivity contribution is 7.89. The van der Waals surface area contributed by atoms with Crippen LogP contribution in [0.1, 0.15) is 34.0 Å². The van der Waals surface area contributed by atoms with Crippen molar-refractivity contribution in [1.29, 1.82) is 0 Å². The molecule has 0 spiro atoms. The molecule has 0 saturated carbocycles. The number of aromatic nitrogens is 1. The second kappa shape index (κ2) is 12.4. The van der Waals surface area contributed by atoms with Crippen molar-refractivity contribution in [2.75, 3.05) is 32.1 Å². The minimum absolute atomic E-state index is 0.0789. The van der Waals surface area contributed by atoms with Gasteiger partial charge in [0.1, 0.15) is 11.9 Å². The smallest absolute Gasteiger partial charge is 0.284 e. The number of ether oxygens (including phenoxy) is 1. The standard InChI is InChI=1S/C30H31FN4O6S2/c1-18-15-35(19(2)17-36)30(38)22-7-6-9-24(32-28(37)29-33-23-8-4-5-10-26(23)42-29)27(22)41-25(18)16-34(3)43(39,40)21-13-11-20(31)12-14-21/h4-14,18-19,25,36H,15-17H2,1-3H3,(H,32,37)/t18-,19+,25+/m1/s1. The van der Waals surface area contributed by atoms with Crippen LogP contribution in [-0.4, -0.2) is 78.4 Å². The topological polar surface area (TPSA) is 129 Å². The molecule has 3 atom stereocenters. The zero-order chi connectivity index (χ0) is 30.9. The number of anilines is 1. The van der Waals surface area contributed by atoms with Gasteiger partial charge < -0.3 is 20.1 Å². The number of carbonyl (C=O) groups excluding carboxylic acids is 2. The van der Waals surface area contributed by atoms with Gasteiger partial charge in [0.15, 0.2) is 10.8 Å². The Labute approximate surface area is 252 Å². The number of nitrogens with one attached hydrogen (secondary N) is 1. The summed E-state index contributed by atoms with van der Waals surface area (Å²) in [4.78, 5) is 32.9. The lowest BCUT2D eigenvalue weighted by Crippen LogP contribution is -2.50. The zero-order valence-corrected chi connectivity index (χ0v) is 25.4. The molecule has 0 aliphatic carbocycles. The van der Waals surface area contributed by atoms with Gasteiger partial charge in [0.2, 0.25) is 10.0 Å². The Hall–Kier alpha value is -3.91. The Morgan fingerprint density at radius 2 is 1.91 bits per heavy atom. The zero-order valence-electron chi connectivity index (χ0n) is 23.7. The molecule has 3 aromatic carbocycles. The first kappa shape index (κ1) is 30.5. The fourth-order valence-electron chi connectivity index (χ4n) is 4.84. The summed E-state index contributed by atoms with van der Waals surface area (Å²) in [6.45, 7) is 3.31. The Bertz CT molecular complexity index is 1730. The molecule has 0 radical (unpaired) electrons. The molecule has 1 aliphatic rings. The van der Waals surface area contributed by atoms with E-state index < -0.39 is 45.7 Å². The third kappa shape index (κ3) is 6.25. The van der Waals surface area contributed by atoms with Crippen LogP contribution in [0.3, 0.4) is 0 Å². The van der Waals surface area contributed by atoms with Crippen molar-refractivity contribution >= 4 is 49.1 Å². The summed E-state index contributed by atoms with van der Waals surface area (Å²) >= 11 is 1.22. The van der Waals surface area contributed by atoms with Crippen molar-refractivity contribution in [3.63, 3.8) is 0 Å². The van der Waals surface area contributed by atoms with E-state index in [4.69, 9.17) is 4.74 Å². The number of thiazole rings is 1. The van der Waals surface area contributed by atoms with Crippen LogP contribution in [0.5, 0.6) is 5.75 Å². The lowest BCUT2D eigenvalue weighted by molar-refractivity contribution is 0.0388. The van der Waals surface area contributed by atoms with Crippen LogP contribution in [0.4, 0.5) is 10.1 Å². The molecule has 43 heavy (non-hydrogen) atoms. The summed E-state index contributed by atoms with van der Waals surface area (Å²) in [5.41, 5.74) is 1.05. The van der Waals surface area contributed by atoms with Crippen molar-refractivity contribution in [3.05, 3.63) is 83.1 Å². The van der Waals surface area contributed by atoms with E-state index in [1.54, 1.807) is 25.1 Å². The molecule has 226 valence electrons. The molecule has 0 saturated heterocycles. The predicted octanol–water partition coefficient (Wildman–Crippen LogP) is 4.23. The van der Waals surface area contributed by atoms with Crippen LogP contribution in [-0.2, 0) is 10.0 Å². The molecule has 0 bridgehead atoms. The van der Waals surface area contributed by atoms with Gasteiger partial charge in [-0.3, -0.25) is 9.59 Å². The number of aliphatic hydroxyl groups excluding tert-OH is 1. The SMILES string of the molecule is C[C@@H]1CN([C@@H](C)CO)C(=O)c2cccc(NC(=O)c3nc4ccccc4s3)c2O[C@H]1CN(C)S(=O)(=O)c1ccc(F)cc1. The lowest BCUT2D eigenvalue weighted by atomic mass is 9.99. The largest absolute Gasteiger partial charge is 0.486 e. The van der Waals surface area contributed by atoms with Crippen LogP contribution in [0.25, 0.3) is 10.2 Å². The maximum Gasteiger partial charge on any atom is 0.284 e.